The van der Waals surface area contributed by atoms with E-state index in [0.29, 0.717) is 5.75 Å². The minimum atomic E-state index is 0.119. The lowest BCUT2D eigenvalue weighted by molar-refractivity contribution is -0.115. The molecule has 0 saturated heterocycles. The van der Waals surface area contributed by atoms with Gasteiger partial charge in [-0.3, -0.25) is 4.79 Å². The second-order valence-corrected chi connectivity index (χ2v) is 4.12. The molecule has 0 heterocycles. The van der Waals surface area contributed by atoms with Crippen LogP contribution < -0.4 is 4.90 Å². The predicted octanol–water partition coefficient (Wildman–Crippen LogP) is 2.57. The van der Waals surface area contributed by atoms with Crippen LogP contribution in [0.5, 0.6) is 0 Å². The molecule has 1 rings (SSSR count). The quantitative estimate of drug-likeness (QED) is 0.562. The zero-order chi connectivity index (χ0) is 11.1. The van der Waals surface area contributed by atoms with Crippen molar-refractivity contribution in [2.45, 2.75) is 0 Å². The van der Waals surface area contributed by atoms with Gasteiger partial charge in [-0.1, -0.05) is 24.3 Å². The molecular weight excluding hydrogens is 206 g/mol. The number of carbonyl (C=O) groups is 1. The van der Waals surface area contributed by atoms with E-state index in [1.54, 1.807) is 29.8 Å². The number of hydrogen-bond acceptors (Lipinski definition) is 2. The Hall–Kier alpha value is -1.22. The van der Waals surface area contributed by atoms with Crippen LogP contribution in [0.4, 0.5) is 5.69 Å². The Balaban J connectivity index is 2.50. The van der Waals surface area contributed by atoms with Gasteiger partial charge < -0.3 is 4.90 Å². The molecule has 0 aliphatic rings. The fraction of sp³-hybridized carbons (Fsp3) is 0.250. The van der Waals surface area contributed by atoms with Crippen molar-refractivity contribution in [1.82, 2.24) is 0 Å². The Labute approximate surface area is 95.0 Å². The maximum Gasteiger partial charge on any atom is 0.236 e. The normalized spacial score (nSPS) is 9.67. The molecule has 1 aromatic carbocycles. The van der Waals surface area contributed by atoms with Crippen molar-refractivity contribution in [3.05, 3.63) is 43.0 Å². The first-order valence-corrected chi connectivity index (χ1v) is 5.91. The summed E-state index contributed by atoms with van der Waals surface area (Å²) in [6, 6.07) is 9.65. The highest BCUT2D eigenvalue weighted by molar-refractivity contribution is 8.00. The van der Waals surface area contributed by atoms with E-state index in [1.165, 1.54) is 0 Å². The van der Waals surface area contributed by atoms with E-state index < -0.39 is 0 Å². The molecule has 0 aromatic heterocycles. The second-order valence-electron chi connectivity index (χ2n) is 3.09. The van der Waals surface area contributed by atoms with Gasteiger partial charge in [-0.2, -0.15) is 0 Å². The fourth-order valence-corrected chi connectivity index (χ4v) is 1.77. The third-order valence-corrected chi connectivity index (χ3v) is 2.90. The van der Waals surface area contributed by atoms with Crippen LogP contribution >= 0.6 is 11.8 Å². The molecule has 0 aliphatic heterocycles. The molecule has 15 heavy (non-hydrogen) atoms. The van der Waals surface area contributed by atoms with Gasteiger partial charge in [0.25, 0.3) is 0 Å². The third-order valence-electron chi connectivity index (χ3n) is 1.98. The topological polar surface area (TPSA) is 20.3 Å². The van der Waals surface area contributed by atoms with Gasteiger partial charge in [0.1, 0.15) is 0 Å². The molecule has 0 fully saturated rings. The average molecular weight is 221 g/mol. The average Bonchev–Trinajstić information content (AvgIpc) is 2.29. The zero-order valence-corrected chi connectivity index (χ0v) is 9.67. The lowest BCUT2D eigenvalue weighted by atomic mass is 10.3. The number of anilines is 1. The lowest BCUT2D eigenvalue weighted by Gasteiger charge is -2.16. The molecule has 0 spiro atoms. The molecule has 0 unspecified atom stereocenters. The largest absolute Gasteiger partial charge is 0.315 e. The monoisotopic (exact) mass is 221 g/mol. The first-order valence-electron chi connectivity index (χ1n) is 4.76. The molecule has 3 heteroatoms. The van der Waals surface area contributed by atoms with Crippen LogP contribution in [0.25, 0.3) is 0 Å². The highest BCUT2D eigenvalue weighted by Crippen LogP contribution is 2.12. The van der Waals surface area contributed by atoms with Gasteiger partial charge in [0, 0.05) is 18.5 Å². The smallest absolute Gasteiger partial charge is 0.236 e. The van der Waals surface area contributed by atoms with Gasteiger partial charge >= 0.3 is 0 Å². The number of amides is 1. The third kappa shape index (κ3) is 3.80. The number of thioether (sulfide) groups is 1. The Morgan fingerprint density at radius 1 is 1.47 bits per heavy atom. The molecule has 1 aromatic rings. The maximum atomic E-state index is 11.7. The second kappa shape index (κ2) is 6.30. The maximum absolute atomic E-state index is 11.7. The van der Waals surface area contributed by atoms with E-state index in [0.717, 1.165) is 11.4 Å². The van der Waals surface area contributed by atoms with Crippen molar-refractivity contribution >= 4 is 23.4 Å². The van der Waals surface area contributed by atoms with Gasteiger partial charge in [0.15, 0.2) is 0 Å². The SMILES string of the molecule is C=CCSCC(=O)N(C)c1ccccc1. The number of benzene rings is 1. The van der Waals surface area contributed by atoms with Crippen LogP contribution in [-0.4, -0.2) is 24.5 Å². The number of para-hydroxylation sites is 1. The summed E-state index contributed by atoms with van der Waals surface area (Å²) >= 11 is 1.58. The van der Waals surface area contributed by atoms with Gasteiger partial charge in [0.2, 0.25) is 5.91 Å². The van der Waals surface area contributed by atoms with Crippen LogP contribution in [0.15, 0.2) is 43.0 Å². The van der Waals surface area contributed by atoms with Crippen molar-refractivity contribution in [2.75, 3.05) is 23.5 Å². The van der Waals surface area contributed by atoms with Crippen LogP contribution in [-0.2, 0) is 4.79 Å². The van der Waals surface area contributed by atoms with Crippen molar-refractivity contribution < 1.29 is 4.79 Å². The summed E-state index contributed by atoms with van der Waals surface area (Å²) in [5.41, 5.74) is 0.932. The van der Waals surface area contributed by atoms with E-state index in [2.05, 4.69) is 6.58 Å². The fourth-order valence-electron chi connectivity index (χ4n) is 1.12. The zero-order valence-electron chi connectivity index (χ0n) is 8.85. The highest BCUT2D eigenvalue weighted by atomic mass is 32.2. The van der Waals surface area contributed by atoms with E-state index >= 15 is 0 Å². The number of hydrogen-bond donors (Lipinski definition) is 0. The number of nitrogens with zero attached hydrogens (tertiary/aromatic N) is 1. The Morgan fingerprint density at radius 2 is 2.13 bits per heavy atom. The molecule has 0 atom stereocenters. The summed E-state index contributed by atoms with van der Waals surface area (Å²) in [5, 5.41) is 0. The van der Waals surface area contributed by atoms with Crippen LogP contribution in [0.3, 0.4) is 0 Å². The first kappa shape index (κ1) is 11.9. The Kier molecular flexibility index (Phi) is 4.98. The summed E-state index contributed by atoms with van der Waals surface area (Å²) < 4.78 is 0. The molecule has 0 N–H and O–H groups in total. The summed E-state index contributed by atoms with van der Waals surface area (Å²) in [6.07, 6.45) is 1.81. The minimum absolute atomic E-state index is 0.119. The highest BCUT2D eigenvalue weighted by Gasteiger charge is 2.09. The molecular formula is C12H15NOS. The Morgan fingerprint density at radius 3 is 2.73 bits per heavy atom. The van der Waals surface area contributed by atoms with E-state index in [1.807, 2.05) is 30.3 Å². The van der Waals surface area contributed by atoms with Crippen molar-refractivity contribution in [2.24, 2.45) is 0 Å². The van der Waals surface area contributed by atoms with Gasteiger partial charge in [-0.05, 0) is 12.1 Å². The summed E-state index contributed by atoms with van der Waals surface area (Å²) in [4.78, 5) is 13.4. The van der Waals surface area contributed by atoms with Crippen LogP contribution in [0.1, 0.15) is 0 Å². The predicted molar refractivity (Wildman–Crippen MR) is 67.4 cm³/mol. The first-order chi connectivity index (χ1) is 7.25. The minimum Gasteiger partial charge on any atom is -0.315 e. The lowest BCUT2D eigenvalue weighted by Crippen LogP contribution is -2.27. The summed E-state index contributed by atoms with van der Waals surface area (Å²) in [7, 11) is 1.80. The molecule has 80 valence electrons. The van der Waals surface area contributed by atoms with E-state index in [-0.39, 0.29) is 5.91 Å². The number of rotatable bonds is 5. The van der Waals surface area contributed by atoms with Gasteiger partial charge in [-0.15, -0.1) is 18.3 Å². The van der Waals surface area contributed by atoms with Crippen molar-refractivity contribution in [3.63, 3.8) is 0 Å². The van der Waals surface area contributed by atoms with Crippen LogP contribution in [0, 0.1) is 0 Å². The Bertz CT molecular complexity index is 324. The van der Waals surface area contributed by atoms with Crippen molar-refractivity contribution in [3.8, 4) is 0 Å². The molecule has 2 nitrogen and oxygen atoms in total. The summed E-state index contributed by atoms with van der Waals surface area (Å²) in [5.74, 6) is 1.43. The molecule has 0 bridgehead atoms. The molecule has 0 saturated carbocycles. The molecule has 1 amide bonds. The van der Waals surface area contributed by atoms with Crippen LogP contribution in [0.2, 0.25) is 0 Å². The van der Waals surface area contributed by atoms with Gasteiger partial charge in [0.05, 0.1) is 5.75 Å². The molecule has 0 aliphatic carbocycles. The standard InChI is InChI=1S/C12H15NOS/c1-3-9-15-10-12(14)13(2)11-7-5-4-6-8-11/h3-8H,1,9-10H2,2H3. The molecule has 0 radical (unpaired) electrons. The van der Waals surface area contributed by atoms with E-state index in [9.17, 15) is 4.79 Å². The summed E-state index contributed by atoms with van der Waals surface area (Å²) in [6.45, 7) is 3.61. The van der Waals surface area contributed by atoms with Gasteiger partial charge in [-0.25, -0.2) is 0 Å². The number of carbonyl (C=O) groups excluding carboxylic acids is 1. The van der Waals surface area contributed by atoms with Crippen molar-refractivity contribution in [1.29, 1.82) is 0 Å². The van der Waals surface area contributed by atoms with E-state index in [4.69, 9.17) is 0 Å².